The first-order chi connectivity index (χ1) is 11.0. The molecule has 0 aromatic heterocycles. The van der Waals surface area contributed by atoms with Gasteiger partial charge in [0, 0.05) is 5.70 Å². The number of hydrogen-bond donors (Lipinski definition) is 2. The van der Waals surface area contributed by atoms with E-state index in [-0.39, 0.29) is 5.75 Å². The van der Waals surface area contributed by atoms with E-state index in [2.05, 4.69) is 10.3 Å². The van der Waals surface area contributed by atoms with Crippen LogP contribution >= 0.6 is 11.8 Å². The normalized spacial score (nSPS) is 17.4. The summed E-state index contributed by atoms with van der Waals surface area (Å²) in [6, 6.07) is 4.43. The quantitative estimate of drug-likeness (QED) is 0.823. The Morgan fingerprint density at radius 1 is 1.48 bits per heavy atom. The number of hydrogen-bond acceptors (Lipinski definition) is 7. The standard InChI is InChI=1S/C16H20N2O4S/c1-5-22-15(20)13-9(2)17-16(23-4)18-14(13)10-6-7-11(19)12(8-10)21-3/h6-8,14,19H,5H2,1-4H3,(H,17,18). The number of allylic oxidation sites excluding steroid dienone is 1. The van der Waals surface area contributed by atoms with E-state index in [4.69, 9.17) is 9.47 Å². The third-order valence-electron chi connectivity index (χ3n) is 3.43. The number of carbonyl (C=O) groups is 1. The van der Waals surface area contributed by atoms with Crippen LogP contribution in [0.3, 0.4) is 0 Å². The molecule has 1 heterocycles. The maximum absolute atomic E-state index is 12.3. The fourth-order valence-electron chi connectivity index (χ4n) is 2.33. The van der Waals surface area contributed by atoms with Crippen LogP contribution in [0.1, 0.15) is 25.5 Å². The molecule has 0 aliphatic carbocycles. The largest absolute Gasteiger partial charge is 0.504 e. The van der Waals surface area contributed by atoms with E-state index in [0.717, 1.165) is 5.56 Å². The summed E-state index contributed by atoms with van der Waals surface area (Å²) in [6.45, 7) is 3.88. The monoisotopic (exact) mass is 336 g/mol. The number of aromatic hydroxyl groups is 1. The Kier molecular flexibility index (Phi) is 5.54. The number of amidine groups is 1. The van der Waals surface area contributed by atoms with E-state index in [1.165, 1.54) is 24.9 Å². The van der Waals surface area contributed by atoms with Gasteiger partial charge in [0.05, 0.1) is 19.3 Å². The maximum atomic E-state index is 12.3. The lowest BCUT2D eigenvalue weighted by atomic mass is 9.96. The van der Waals surface area contributed by atoms with Crippen LogP contribution in [-0.4, -0.2) is 36.2 Å². The molecule has 1 unspecified atom stereocenters. The molecule has 1 aromatic carbocycles. The minimum Gasteiger partial charge on any atom is -0.504 e. The molecule has 0 fully saturated rings. The molecule has 7 heteroatoms. The Bertz CT molecular complexity index is 670. The molecule has 0 bridgehead atoms. The van der Waals surface area contributed by atoms with Gasteiger partial charge in [-0.05, 0) is 37.8 Å². The van der Waals surface area contributed by atoms with E-state index in [0.29, 0.717) is 28.8 Å². The smallest absolute Gasteiger partial charge is 0.338 e. The van der Waals surface area contributed by atoms with Gasteiger partial charge in [0.25, 0.3) is 0 Å². The summed E-state index contributed by atoms with van der Waals surface area (Å²) < 4.78 is 10.3. The van der Waals surface area contributed by atoms with Crippen LogP contribution in [0.25, 0.3) is 0 Å². The molecule has 0 amide bonds. The average Bonchev–Trinajstić information content (AvgIpc) is 2.54. The summed E-state index contributed by atoms with van der Waals surface area (Å²) in [4.78, 5) is 16.9. The predicted molar refractivity (Wildman–Crippen MR) is 90.8 cm³/mol. The number of aliphatic imine (C=N–C) groups is 1. The van der Waals surface area contributed by atoms with Gasteiger partial charge in [-0.15, -0.1) is 0 Å². The van der Waals surface area contributed by atoms with Crippen molar-refractivity contribution in [3.63, 3.8) is 0 Å². The van der Waals surface area contributed by atoms with Gasteiger partial charge >= 0.3 is 5.97 Å². The zero-order valence-corrected chi connectivity index (χ0v) is 14.4. The van der Waals surface area contributed by atoms with Gasteiger partial charge < -0.3 is 19.9 Å². The van der Waals surface area contributed by atoms with E-state index in [1.807, 2.05) is 13.2 Å². The Hall–Kier alpha value is -2.15. The van der Waals surface area contributed by atoms with Gasteiger partial charge in [-0.25, -0.2) is 9.79 Å². The van der Waals surface area contributed by atoms with Crippen LogP contribution in [0.4, 0.5) is 0 Å². The molecular weight excluding hydrogens is 316 g/mol. The number of carbonyl (C=O) groups excluding carboxylic acids is 1. The molecule has 23 heavy (non-hydrogen) atoms. The van der Waals surface area contributed by atoms with Crippen molar-refractivity contribution >= 4 is 22.9 Å². The molecule has 1 atom stereocenters. The number of rotatable bonds is 4. The Labute approximate surface area is 139 Å². The highest BCUT2D eigenvalue weighted by Gasteiger charge is 2.30. The van der Waals surface area contributed by atoms with E-state index >= 15 is 0 Å². The number of nitrogens with zero attached hydrogens (tertiary/aromatic N) is 1. The van der Waals surface area contributed by atoms with Crippen molar-refractivity contribution in [2.75, 3.05) is 20.0 Å². The topological polar surface area (TPSA) is 80.2 Å². The first kappa shape index (κ1) is 17.2. The zero-order chi connectivity index (χ0) is 17.0. The molecule has 2 rings (SSSR count). The SMILES string of the molecule is CCOC(=O)C1=C(C)NC(SC)=NC1c1ccc(O)c(OC)c1. The summed E-state index contributed by atoms with van der Waals surface area (Å²) in [5.74, 6) is -0.0288. The molecule has 0 saturated carbocycles. The second kappa shape index (κ2) is 7.41. The van der Waals surface area contributed by atoms with Crippen molar-refractivity contribution in [3.8, 4) is 11.5 Å². The molecule has 0 saturated heterocycles. The molecule has 1 aliphatic heterocycles. The number of ether oxygens (including phenoxy) is 2. The highest BCUT2D eigenvalue weighted by molar-refractivity contribution is 8.13. The van der Waals surface area contributed by atoms with Crippen molar-refractivity contribution < 1.29 is 19.4 Å². The third-order valence-corrected chi connectivity index (χ3v) is 4.02. The number of phenolic OH excluding ortho intramolecular Hbond substituents is 1. The summed E-state index contributed by atoms with van der Waals surface area (Å²) in [5, 5.41) is 13.6. The summed E-state index contributed by atoms with van der Waals surface area (Å²) in [6.07, 6.45) is 1.91. The summed E-state index contributed by atoms with van der Waals surface area (Å²) in [5.41, 5.74) is 1.91. The average molecular weight is 336 g/mol. The zero-order valence-electron chi connectivity index (χ0n) is 13.5. The number of esters is 1. The minimum atomic E-state index is -0.507. The van der Waals surface area contributed by atoms with Gasteiger partial charge in [0.1, 0.15) is 6.04 Å². The molecule has 1 aliphatic rings. The Morgan fingerprint density at radius 3 is 2.83 bits per heavy atom. The van der Waals surface area contributed by atoms with E-state index in [9.17, 15) is 9.90 Å². The van der Waals surface area contributed by atoms with Crippen molar-refractivity contribution in [3.05, 3.63) is 35.0 Å². The highest BCUT2D eigenvalue weighted by Crippen LogP contribution is 2.36. The minimum absolute atomic E-state index is 0.0395. The lowest BCUT2D eigenvalue weighted by Gasteiger charge is -2.25. The van der Waals surface area contributed by atoms with Crippen LogP contribution in [-0.2, 0) is 9.53 Å². The van der Waals surface area contributed by atoms with Crippen LogP contribution < -0.4 is 10.1 Å². The molecule has 124 valence electrons. The number of thioether (sulfide) groups is 1. The lowest BCUT2D eigenvalue weighted by molar-refractivity contribution is -0.138. The van der Waals surface area contributed by atoms with Crippen LogP contribution in [0.15, 0.2) is 34.5 Å². The van der Waals surface area contributed by atoms with Crippen LogP contribution in [0.5, 0.6) is 11.5 Å². The Morgan fingerprint density at radius 2 is 2.22 bits per heavy atom. The second-order valence-electron chi connectivity index (χ2n) is 4.86. The summed E-state index contributed by atoms with van der Waals surface area (Å²) >= 11 is 1.46. The molecule has 2 N–H and O–H groups in total. The van der Waals surface area contributed by atoms with Gasteiger partial charge in [-0.2, -0.15) is 0 Å². The van der Waals surface area contributed by atoms with Crippen LogP contribution in [0, 0.1) is 0 Å². The van der Waals surface area contributed by atoms with Crippen molar-refractivity contribution in [1.29, 1.82) is 0 Å². The number of phenols is 1. The second-order valence-corrected chi connectivity index (χ2v) is 5.65. The molecule has 0 radical (unpaired) electrons. The Balaban J connectivity index is 2.51. The first-order valence-electron chi connectivity index (χ1n) is 7.15. The van der Waals surface area contributed by atoms with Crippen LogP contribution in [0.2, 0.25) is 0 Å². The van der Waals surface area contributed by atoms with Gasteiger partial charge in [-0.1, -0.05) is 17.8 Å². The third kappa shape index (κ3) is 3.61. The first-order valence-corrected chi connectivity index (χ1v) is 8.37. The molecule has 1 aromatic rings. The van der Waals surface area contributed by atoms with Crippen molar-refractivity contribution in [1.82, 2.24) is 5.32 Å². The van der Waals surface area contributed by atoms with Crippen molar-refractivity contribution in [2.45, 2.75) is 19.9 Å². The lowest BCUT2D eigenvalue weighted by Crippen LogP contribution is -2.30. The van der Waals surface area contributed by atoms with E-state index in [1.54, 1.807) is 19.1 Å². The summed E-state index contributed by atoms with van der Waals surface area (Å²) in [7, 11) is 1.48. The molecular formula is C16H20N2O4S. The molecule has 0 spiro atoms. The fraction of sp³-hybridized carbons (Fsp3) is 0.375. The molecule has 6 nitrogen and oxygen atoms in total. The number of methoxy groups -OCH3 is 1. The van der Waals surface area contributed by atoms with Gasteiger partial charge in [-0.3, -0.25) is 0 Å². The number of benzene rings is 1. The maximum Gasteiger partial charge on any atom is 0.338 e. The number of nitrogens with one attached hydrogen (secondary N) is 1. The highest BCUT2D eigenvalue weighted by atomic mass is 32.2. The van der Waals surface area contributed by atoms with E-state index < -0.39 is 12.0 Å². The van der Waals surface area contributed by atoms with Gasteiger partial charge in [0.15, 0.2) is 16.7 Å². The predicted octanol–water partition coefficient (Wildman–Crippen LogP) is 2.60. The van der Waals surface area contributed by atoms with Crippen molar-refractivity contribution in [2.24, 2.45) is 4.99 Å². The fourth-order valence-corrected chi connectivity index (χ4v) is 2.80. The van der Waals surface area contributed by atoms with Gasteiger partial charge in [0.2, 0.25) is 0 Å².